The van der Waals surface area contributed by atoms with Gasteiger partial charge >= 0.3 is 5.97 Å². The molecule has 0 atom stereocenters. The van der Waals surface area contributed by atoms with Crippen LogP contribution in [0.4, 0.5) is 4.39 Å². The molecule has 0 saturated heterocycles. The van der Waals surface area contributed by atoms with Crippen LogP contribution in [0.5, 0.6) is 0 Å². The molecule has 0 N–H and O–H groups in total. The summed E-state index contributed by atoms with van der Waals surface area (Å²) in [6, 6.07) is 11.9. The number of halogens is 2. The van der Waals surface area contributed by atoms with Crippen molar-refractivity contribution in [2.24, 2.45) is 4.99 Å². The Morgan fingerprint density at radius 2 is 2.00 bits per heavy atom. The monoisotopic (exact) mass is 407 g/mol. The number of esters is 1. The van der Waals surface area contributed by atoms with Crippen molar-refractivity contribution >= 4 is 40.5 Å². The molecule has 2 aromatic carbocycles. The Balaban J connectivity index is 1.98. The van der Waals surface area contributed by atoms with Crippen LogP contribution >= 0.6 is 22.6 Å². The topological polar surface area (TPSA) is 38.7 Å². The Morgan fingerprint density at radius 1 is 1.23 bits per heavy atom. The third-order valence-corrected chi connectivity index (χ3v) is 4.40. The van der Waals surface area contributed by atoms with Gasteiger partial charge in [0, 0.05) is 14.7 Å². The zero-order valence-corrected chi connectivity index (χ0v) is 13.8. The number of rotatable bonds is 2. The summed E-state index contributed by atoms with van der Waals surface area (Å²) >= 11 is 2.21. The van der Waals surface area contributed by atoms with E-state index in [1.807, 2.05) is 25.1 Å². The normalized spacial score (nSPS) is 15.9. The van der Waals surface area contributed by atoms with Crippen molar-refractivity contribution in [3.63, 3.8) is 0 Å². The molecule has 1 heterocycles. The number of hydrogen-bond acceptors (Lipinski definition) is 3. The third-order valence-electron chi connectivity index (χ3n) is 3.24. The molecule has 1 aliphatic rings. The number of hydrogen-bond donors (Lipinski definition) is 0. The van der Waals surface area contributed by atoms with Crippen molar-refractivity contribution in [1.82, 2.24) is 0 Å². The molecular formula is C17H11FINO2. The van der Waals surface area contributed by atoms with Crippen LogP contribution in [0.2, 0.25) is 0 Å². The first kappa shape index (κ1) is 14.9. The van der Waals surface area contributed by atoms with Crippen LogP contribution in [-0.2, 0) is 9.53 Å². The summed E-state index contributed by atoms with van der Waals surface area (Å²) in [7, 11) is 0. The predicted octanol–water partition coefficient (Wildman–Crippen LogP) is 4.08. The van der Waals surface area contributed by atoms with E-state index < -0.39 is 11.8 Å². The highest BCUT2D eigenvalue weighted by Crippen LogP contribution is 2.22. The van der Waals surface area contributed by atoms with Gasteiger partial charge in [0.15, 0.2) is 5.70 Å². The van der Waals surface area contributed by atoms with Crippen molar-refractivity contribution in [3.05, 3.63) is 74.2 Å². The Kier molecular flexibility index (Phi) is 4.06. The Hall–Kier alpha value is -2.02. The van der Waals surface area contributed by atoms with Crippen molar-refractivity contribution in [2.75, 3.05) is 0 Å². The van der Waals surface area contributed by atoms with E-state index >= 15 is 0 Å². The first-order valence-corrected chi connectivity index (χ1v) is 7.66. The maximum Gasteiger partial charge on any atom is 0.363 e. The van der Waals surface area contributed by atoms with Gasteiger partial charge in [-0.25, -0.2) is 14.2 Å². The molecular weight excluding hydrogens is 396 g/mol. The predicted molar refractivity (Wildman–Crippen MR) is 90.9 cm³/mol. The minimum absolute atomic E-state index is 0.0932. The van der Waals surface area contributed by atoms with Crippen molar-refractivity contribution in [3.8, 4) is 0 Å². The van der Waals surface area contributed by atoms with Crippen molar-refractivity contribution in [2.45, 2.75) is 6.92 Å². The smallest absolute Gasteiger partial charge is 0.363 e. The number of cyclic esters (lactones) is 1. The van der Waals surface area contributed by atoms with Crippen LogP contribution in [0.1, 0.15) is 16.7 Å². The first-order valence-electron chi connectivity index (χ1n) is 6.58. The third kappa shape index (κ3) is 2.94. The summed E-state index contributed by atoms with van der Waals surface area (Å²) in [6.45, 7) is 2.00. The van der Waals surface area contributed by atoms with E-state index in [0.29, 0.717) is 5.56 Å². The molecule has 3 rings (SSSR count). The lowest BCUT2D eigenvalue weighted by Crippen LogP contribution is -2.05. The molecule has 2 aromatic rings. The van der Waals surface area contributed by atoms with Crippen molar-refractivity contribution < 1.29 is 13.9 Å². The molecule has 0 aromatic heterocycles. The first-order chi connectivity index (χ1) is 10.5. The molecule has 0 saturated carbocycles. The number of benzene rings is 2. The fourth-order valence-corrected chi connectivity index (χ4v) is 2.51. The molecule has 5 heteroatoms. The largest absolute Gasteiger partial charge is 0.402 e. The number of aryl methyl sites for hydroxylation is 1. The minimum atomic E-state index is -0.575. The summed E-state index contributed by atoms with van der Waals surface area (Å²) in [4.78, 5) is 16.1. The van der Waals surface area contributed by atoms with Gasteiger partial charge in [0.1, 0.15) is 5.82 Å². The minimum Gasteiger partial charge on any atom is -0.402 e. The number of aliphatic imine (C=N–C) groups is 1. The number of carbonyl (C=O) groups excluding carboxylic acids is 1. The van der Waals surface area contributed by atoms with Gasteiger partial charge in [-0.15, -0.1) is 0 Å². The highest BCUT2D eigenvalue weighted by Gasteiger charge is 2.24. The molecule has 0 amide bonds. The average Bonchev–Trinajstić information content (AvgIpc) is 2.85. The zero-order chi connectivity index (χ0) is 15.7. The van der Waals surface area contributed by atoms with E-state index in [0.717, 1.165) is 14.7 Å². The van der Waals surface area contributed by atoms with Crippen LogP contribution in [0, 0.1) is 16.3 Å². The van der Waals surface area contributed by atoms with Gasteiger partial charge in [0.25, 0.3) is 0 Å². The number of ether oxygens (including phenoxy) is 1. The standard InChI is InChI=1S/C17H11FINO2/c1-10-6-7-12(8-14(10)19)16-20-15(17(21)22-16)9-11-4-2-3-5-13(11)18/h2-9H,1H3. The lowest BCUT2D eigenvalue weighted by Gasteiger charge is -2.02. The summed E-state index contributed by atoms with van der Waals surface area (Å²) in [5, 5.41) is 0. The van der Waals surface area contributed by atoms with Gasteiger partial charge in [-0.3, -0.25) is 0 Å². The van der Waals surface area contributed by atoms with Crippen LogP contribution in [0.25, 0.3) is 6.08 Å². The van der Waals surface area contributed by atoms with E-state index in [9.17, 15) is 9.18 Å². The maximum atomic E-state index is 13.6. The maximum absolute atomic E-state index is 13.6. The number of nitrogens with zero attached hydrogens (tertiary/aromatic N) is 1. The summed E-state index contributed by atoms with van der Waals surface area (Å²) in [6.07, 6.45) is 1.39. The van der Waals surface area contributed by atoms with Crippen molar-refractivity contribution in [1.29, 1.82) is 0 Å². The second-order valence-electron chi connectivity index (χ2n) is 4.82. The second-order valence-corrected chi connectivity index (χ2v) is 5.98. The fraction of sp³-hybridized carbons (Fsp3) is 0.0588. The molecule has 3 nitrogen and oxygen atoms in total. The molecule has 1 aliphatic heterocycles. The average molecular weight is 407 g/mol. The van der Waals surface area contributed by atoms with E-state index in [1.165, 1.54) is 12.1 Å². The summed E-state index contributed by atoms with van der Waals surface area (Å²) in [5.41, 5.74) is 2.25. The van der Waals surface area contributed by atoms with Gasteiger partial charge in [0.2, 0.25) is 5.90 Å². The Morgan fingerprint density at radius 3 is 2.73 bits per heavy atom. The van der Waals surface area contributed by atoms with Gasteiger partial charge in [-0.1, -0.05) is 24.3 Å². The second kappa shape index (κ2) is 6.00. The van der Waals surface area contributed by atoms with Gasteiger partial charge in [-0.2, -0.15) is 0 Å². The lowest BCUT2D eigenvalue weighted by molar-refractivity contribution is -0.129. The highest BCUT2D eigenvalue weighted by molar-refractivity contribution is 14.1. The Bertz CT molecular complexity index is 827. The molecule has 0 radical (unpaired) electrons. The lowest BCUT2D eigenvalue weighted by atomic mass is 10.1. The van der Waals surface area contributed by atoms with E-state index in [-0.39, 0.29) is 11.6 Å². The Labute approximate surface area is 140 Å². The quantitative estimate of drug-likeness (QED) is 0.428. The van der Waals surface area contributed by atoms with Crippen LogP contribution < -0.4 is 0 Å². The van der Waals surface area contributed by atoms with Gasteiger partial charge in [-0.05, 0) is 59.4 Å². The molecule has 0 spiro atoms. The molecule has 0 unspecified atom stereocenters. The van der Waals surface area contributed by atoms with Crippen LogP contribution in [0.15, 0.2) is 53.2 Å². The van der Waals surface area contributed by atoms with Gasteiger partial charge < -0.3 is 4.74 Å². The zero-order valence-electron chi connectivity index (χ0n) is 11.6. The van der Waals surface area contributed by atoms with E-state index in [4.69, 9.17) is 4.74 Å². The molecule has 0 aliphatic carbocycles. The molecule has 22 heavy (non-hydrogen) atoms. The van der Waals surface area contributed by atoms with Crippen LogP contribution in [0.3, 0.4) is 0 Å². The number of carbonyl (C=O) groups is 1. The molecule has 0 bridgehead atoms. The van der Waals surface area contributed by atoms with Crippen LogP contribution in [-0.4, -0.2) is 11.9 Å². The van der Waals surface area contributed by atoms with E-state index in [1.54, 1.807) is 18.2 Å². The van der Waals surface area contributed by atoms with E-state index in [2.05, 4.69) is 27.6 Å². The summed E-state index contributed by atoms with van der Waals surface area (Å²) in [5.74, 6) is -0.740. The van der Waals surface area contributed by atoms with Gasteiger partial charge in [0.05, 0.1) is 0 Å². The summed E-state index contributed by atoms with van der Waals surface area (Å²) < 4.78 is 19.9. The highest BCUT2D eigenvalue weighted by atomic mass is 127. The molecule has 110 valence electrons. The fourth-order valence-electron chi connectivity index (χ4n) is 2.00. The molecule has 0 fully saturated rings. The SMILES string of the molecule is Cc1ccc(C2=NC(=Cc3ccccc3F)C(=O)O2)cc1I.